The van der Waals surface area contributed by atoms with Crippen LogP contribution in [0.4, 0.5) is 0 Å². The largest absolute Gasteiger partial charge is 0.490 e. The molecule has 0 aromatic heterocycles. The second-order valence-electron chi connectivity index (χ2n) is 5.81. The number of benzene rings is 1. The van der Waals surface area contributed by atoms with Gasteiger partial charge in [0.25, 0.3) is 0 Å². The van der Waals surface area contributed by atoms with E-state index in [-0.39, 0.29) is 6.16 Å². The molecule has 0 aliphatic heterocycles. The van der Waals surface area contributed by atoms with Crippen LogP contribution in [0.1, 0.15) is 58.3 Å². The summed E-state index contributed by atoms with van der Waals surface area (Å²) in [5.74, 6) is 0.670. The number of para-hydroxylation sites is 1. The number of ether oxygens (including phenoxy) is 1. The molecule has 0 saturated heterocycles. The lowest BCUT2D eigenvalue weighted by Gasteiger charge is -2.19. The van der Waals surface area contributed by atoms with Crippen molar-refractivity contribution in [3.63, 3.8) is 0 Å². The fourth-order valence-electron chi connectivity index (χ4n) is 2.47. The molecule has 0 heterocycles. The van der Waals surface area contributed by atoms with Crippen molar-refractivity contribution in [1.82, 2.24) is 0 Å². The van der Waals surface area contributed by atoms with Crippen molar-refractivity contribution >= 4 is 7.60 Å². The van der Waals surface area contributed by atoms with Crippen LogP contribution in [0.3, 0.4) is 0 Å². The summed E-state index contributed by atoms with van der Waals surface area (Å²) in [7, 11) is -4.05. The summed E-state index contributed by atoms with van der Waals surface area (Å²) >= 11 is 0. The first-order chi connectivity index (χ1) is 10.5. The Kier molecular flexibility index (Phi) is 9.45. The van der Waals surface area contributed by atoms with E-state index in [1.165, 1.54) is 32.1 Å². The lowest BCUT2D eigenvalue weighted by atomic mass is 10.1. The molecule has 1 rings (SSSR count). The number of hydrogen-bond acceptors (Lipinski definition) is 2. The van der Waals surface area contributed by atoms with E-state index in [0.717, 1.165) is 12.8 Å². The second-order valence-corrected chi connectivity index (χ2v) is 7.50. The Labute approximate surface area is 134 Å². The van der Waals surface area contributed by atoms with Gasteiger partial charge >= 0.3 is 7.60 Å². The lowest BCUT2D eigenvalue weighted by Crippen LogP contribution is -2.21. The van der Waals surface area contributed by atoms with E-state index in [4.69, 9.17) is 4.74 Å². The third-order valence-electron chi connectivity index (χ3n) is 3.62. The summed E-state index contributed by atoms with van der Waals surface area (Å²) < 4.78 is 17.0. The zero-order chi connectivity index (χ0) is 16.3. The van der Waals surface area contributed by atoms with Crippen molar-refractivity contribution in [2.24, 2.45) is 0 Å². The van der Waals surface area contributed by atoms with Crippen LogP contribution >= 0.6 is 7.60 Å². The minimum Gasteiger partial charge on any atom is -0.490 e. The highest BCUT2D eigenvalue weighted by Gasteiger charge is 2.22. The van der Waals surface area contributed by atoms with Crippen molar-refractivity contribution in [3.05, 3.63) is 30.3 Å². The molecule has 1 aromatic carbocycles. The molecular formula is C17H29O4P. The zero-order valence-electron chi connectivity index (χ0n) is 13.5. The van der Waals surface area contributed by atoms with Gasteiger partial charge in [0.05, 0.1) is 6.16 Å². The highest BCUT2D eigenvalue weighted by molar-refractivity contribution is 7.51. The third kappa shape index (κ3) is 9.99. The first kappa shape index (κ1) is 19.2. The van der Waals surface area contributed by atoms with Gasteiger partial charge in [-0.25, -0.2) is 0 Å². The van der Waals surface area contributed by atoms with Crippen LogP contribution in [0.2, 0.25) is 0 Å². The van der Waals surface area contributed by atoms with Crippen LogP contribution in [0.25, 0.3) is 0 Å². The molecule has 0 aliphatic rings. The smallest absolute Gasteiger partial charge is 0.329 e. The molecule has 5 heteroatoms. The minimum atomic E-state index is -4.05. The van der Waals surface area contributed by atoms with E-state index in [1.807, 2.05) is 30.3 Å². The van der Waals surface area contributed by atoms with Gasteiger partial charge in [-0.15, -0.1) is 0 Å². The van der Waals surface area contributed by atoms with E-state index in [9.17, 15) is 14.4 Å². The third-order valence-corrected chi connectivity index (χ3v) is 4.50. The molecule has 0 bridgehead atoms. The maximum absolute atomic E-state index is 11.3. The highest BCUT2D eigenvalue weighted by atomic mass is 31.2. The van der Waals surface area contributed by atoms with Gasteiger partial charge in [0.1, 0.15) is 11.9 Å². The normalized spacial score (nSPS) is 13.0. The Hall–Kier alpha value is -0.830. The van der Waals surface area contributed by atoms with Gasteiger partial charge in [0, 0.05) is 0 Å². The van der Waals surface area contributed by atoms with Crippen LogP contribution in [0.15, 0.2) is 30.3 Å². The number of hydrogen-bond donors (Lipinski definition) is 2. The Morgan fingerprint density at radius 3 is 2.18 bits per heavy atom. The quantitative estimate of drug-likeness (QED) is 0.429. The summed E-state index contributed by atoms with van der Waals surface area (Å²) in [4.78, 5) is 18.4. The number of rotatable bonds is 12. The van der Waals surface area contributed by atoms with Crippen molar-refractivity contribution in [3.8, 4) is 5.75 Å². The van der Waals surface area contributed by atoms with Crippen LogP contribution in [0, 0.1) is 0 Å². The molecule has 0 aliphatic carbocycles. The predicted molar refractivity (Wildman–Crippen MR) is 90.4 cm³/mol. The molecule has 2 N–H and O–H groups in total. The van der Waals surface area contributed by atoms with Gasteiger partial charge in [-0.2, -0.15) is 0 Å². The molecule has 4 nitrogen and oxygen atoms in total. The molecule has 0 fully saturated rings. The van der Waals surface area contributed by atoms with Crippen LogP contribution in [0.5, 0.6) is 5.75 Å². The second kappa shape index (κ2) is 10.8. The number of unbranched alkanes of at least 4 members (excludes halogenated alkanes) is 6. The molecule has 1 aromatic rings. The van der Waals surface area contributed by atoms with E-state index in [1.54, 1.807) is 0 Å². The summed E-state index contributed by atoms with van der Waals surface area (Å²) in [6.07, 6.45) is 8.36. The van der Waals surface area contributed by atoms with Crippen molar-refractivity contribution in [1.29, 1.82) is 0 Å². The van der Waals surface area contributed by atoms with Crippen LogP contribution in [-0.4, -0.2) is 22.1 Å². The SMILES string of the molecule is CCCCCCCCCC(CP(=O)(O)O)Oc1ccccc1. The van der Waals surface area contributed by atoms with E-state index in [0.29, 0.717) is 12.2 Å². The van der Waals surface area contributed by atoms with Crippen molar-refractivity contribution in [2.75, 3.05) is 6.16 Å². The first-order valence-corrected chi connectivity index (χ1v) is 10.1. The average molecular weight is 328 g/mol. The minimum absolute atomic E-state index is 0.211. The molecule has 0 amide bonds. The van der Waals surface area contributed by atoms with Gasteiger partial charge < -0.3 is 14.5 Å². The van der Waals surface area contributed by atoms with E-state index in [2.05, 4.69) is 6.92 Å². The Bertz CT molecular complexity index is 430. The standard InChI is InChI=1S/C17H29O4P/c1-2-3-4-5-6-7-9-14-17(15-22(18,19)20)21-16-12-10-8-11-13-16/h8,10-13,17H,2-7,9,14-15H2,1H3,(H2,18,19,20). The van der Waals surface area contributed by atoms with Crippen LogP contribution in [-0.2, 0) is 4.57 Å². The lowest BCUT2D eigenvalue weighted by molar-refractivity contribution is 0.199. The van der Waals surface area contributed by atoms with E-state index >= 15 is 0 Å². The molecular weight excluding hydrogens is 299 g/mol. The van der Waals surface area contributed by atoms with Gasteiger partial charge in [-0.05, 0) is 25.0 Å². The topological polar surface area (TPSA) is 66.8 Å². The van der Waals surface area contributed by atoms with Crippen molar-refractivity contribution < 1.29 is 19.1 Å². The highest BCUT2D eigenvalue weighted by Crippen LogP contribution is 2.37. The molecule has 0 spiro atoms. The van der Waals surface area contributed by atoms with Gasteiger partial charge in [0.2, 0.25) is 0 Å². The van der Waals surface area contributed by atoms with Gasteiger partial charge in [0.15, 0.2) is 0 Å². The summed E-state index contributed by atoms with van der Waals surface area (Å²) in [6.45, 7) is 2.20. The average Bonchev–Trinajstić information content (AvgIpc) is 2.45. The zero-order valence-corrected chi connectivity index (χ0v) is 14.4. The maximum atomic E-state index is 11.3. The predicted octanol–water partition coefficient (Wildman–Crippen LogP) is 4.75. The first-order valence-electron chi connectivity index (χ1n) is 8.27. The molecule has 22 heavy (non-hydrogen) atoms. The molecule has 126 valence electrons. The Morgan fingerprint density at radius 2 is 1.59 bits per heavy atom. The molecule has 1 unspecified atom stereocenters. The van der Waals surface area contributed by atoms with Gasteiger partial charge in [-0.3, -0.25) is 4.57 Å². The maximum Gasteiger partial charge on any atom is 0.329 e. The monoisotopic (exact) mass is 328 g/mol. The molecule has 0 saturated carbocycles. The summed E-state index contributed by atoms with van der Waals surface area (Å²) in [5.41, 5.74) is 0. The van der Waals surface area contributed by atoms with Crippen molar-refractivity contribution in [2.45, 2.75) is 64.4 Å². The Morgan fingerprint density at radius 1 is 1.00 bits per heavy atom. The fraction of sp³-hybridized carbons (Fsp3) is 0.647. The summed E-state index contributed by atoms with van der Waals surface area (Å²) in [6, 6.07) is 9.24. The fourth-order valence-corrected chi connectivity index (χ4v) is 3.26. The van der Waals surface area contributed by atoms with Crippen LogP contribution < -0.4 is 4.74 Å². The van der Waals surface area contributed by atoms with E-state index < -0.39 is 13.7 Å². The molecule has 0 radical (unpaired) electrons. The Balaban J connectivity index is 2.34. The molecule has 1 atom stereocenters. The summed E-state index contributed by atoms with van der Waals surface area (Å²) in [5, 5.41) is 0. The van der Waals surface area contributed by atoms with Gasteiger partial charge in [-0.1, -0.05) is 63.6 Å².